The van der Waals surface area contributed by atoms with Gasteiger partial charge in [-0.05, 0) is 61.4 Å². The first-order valence-corrected chi connectivity index (χ1v) is 14.4. The fraction of sp³-hybridized carbons (Fsp3) is 0.233. The molecule has 5 rings (SSSR count). The van der Waals surface area contributed by atoms with Crippen molar-refractivity contribution in [3.8, 4) is 11.5 Å². The van der Waals surface area contributed by atoms with Gasteiger partial charge in [-0.1, -0.05) is 66.1 Å². The van der Waals surface area contributed by atoms with Gasteiger partial charge in [0.25, 0.3) is 5.78 Å². The Balaban J connectivity index is 1.65. The number of thiazole rings is 1. The average Bonchev–Trinajstić information content (AvgIpc) is 3.48. The first-order valence-electron chi connectivity index (χ1n) is 12.8. The molecule has 1 aliphatic rings. The van der Waals surface area contributed by atoms with Crippen molar-refractivity contribution in [2.75, 3.05) is 18.1 Å². The standard InChI is InChI=1S/C30H26Cl2N2O5S/c1-3-5-13-39-19-8-6-7-18(14-19)27(35)25-26(17-9-11-21(31)22(32)15-17)34(29(37)28(25)36)30-33-23-12-10-20(38-4-2)16-24(23)40-30/h6-12,14-16,26,35H,3-5,13H2,1-2H3. The van der Waals surface area contributed by atoms with E-state index in [-0.39, 0.29) is 16.4 Å². The van der Waals surface area contributed by atoms with Crippen molar-refractivity contribution in [3.05, 3.63) is 87.4 Å². The maximum absolute atomic E-state index is 13.6. The number of ketones is 1. The van der Waals surface area contributed by atoms with Crippen LogP contribution in [0.25, 0.3) is 16.0 Å². The molecule has 10 heteroatoms. The van der Waals surface area contributed by atoms with Gasteiger partial charge in [0, 0.05) is 5.56 Å². The number of aliphatic hydroxyl groups excluding tert-OH is 1. The summed E-state index contributed by atoms with van der Waals surface area (Å²) >= 11 is 13.8. The number of anilines is 1. The zero-order chi connectivity index (χ0) is 28.4. The molecule has 0 radical (unpaired) electrons. The molecule has 4 aromatic rings. The number of nitrogens with zero attached hydrogens (tertiary/aromatic N) is 2. The minimum atomic E-state index is -0.994. The van der Waals surface area contributed by atoms with Crippen molar-refractivity contribution >= 4 is 67.3 Å². The monoisotopic (exact) mass is 596 g/mol. The van der Waals surface area contributed by atoms with Crippen LogP contribution in [-0.2, 0) is 9.59 Å². The van der Waals surface area contributed by atoms with Gasteiger partial charge >= 0.3 is 5.91 Å². The summed E-state index contributed by atoms with van der Waals surface area (Å²) in [5.41, 5.74) is 1.42. The van der Waals surface area contributed by atoms with Crippen LogP contribution in [0.5, 0.6) is 11.5 Å². The number of hydrogen-bond acceptors (Lipinski definition) is 7. The molecular formula is C30H26Cl2N2O5S. The zero-order valence-electron chi connectivity index (χ0n) is 21.8. The van der Waals surface area contributed by atoms with E-state index in [1.807, 2.05) is 13.0 Å². The van der Waals surface area contributed by atoms with Crippen LogP contribution in [0.1, 0.15) is 43.9 Å². The Morgan fingerprint density at radius 2 is 1.80 bits per heavy atom. The highest BCUT2D eigenvalue weighted by Crippen LogP contribution is 2.45. The lowest BCUT2D eigenvalue weighted by molar-refractivity contribution is -0.132. The molecule has 0 aliphatic carbocycles. The van der Waals surface area contributed by atoms with E-state index in [0.717, 1.165) is 17.5 Å². The maximum atomic E-state index is 13.6. The number of carbonyl (C=O) groups is 2. The third kappa shape index (κ3) is 5.39. The van der Waals surface area contributed by atoms with Crippen LogP contribution >= 0.6 is 34.5 Å². The van der Waals surface area contributed by atoms with Gasteiger partial charge in [-0.2, -0.15) is 0 Å². The molecule has 1 atom stereocenters. The number of fused-ring (bicyclic) bond motifs is 1. The van der Waals surface area contributed by atoms with Gasteiger partial charge in [-0.15, -0.1) is 0 Å². The smallest absolute Gasteiger partial charge is 0.301 e. The number of rotatable bonds is 9. The number of aliphatic hydroxyl groups is 1. The molecule has 0 saturated carbocycles. The molecule has 1 amide bonds. The van der Waals surface area contributed by atoms with Gasteiger partial charge in [-0.3, -0.25) is 14.5 Å². The highest BCUT2D eigenvalue weighted by atomic mass is 35.5. The third-order valence-electron chi connectivity index (χ3n) is 6.44. The lowest BCUT2D eigenvalue weighted by Crippen LogP contribution is -2.29. The van der Waals surface area contributed by atoms with E-state index in [1.54, 1.807) is 54.6 Å². The molecule has 1 fully saturated rings. The predicted octanol–water partition coefficient (Wildman–Crippen LogP) is 7.81. The highest BCUT2D eigenvalue weighted by molar-refractivity contribution is 7.22. The lowest BCUT2D eigenvalue weighted by Gasteiger charge is -2.23. The first-order chi connectivity index (χ1) is 19.3. The summed E-state index contributed by atoms with van der Waals surface area (Å²) in [4.78, 5) is 33.1. The van der Waals surface area contributed by atoms with E-state index in [1.165, 1.54) is 16.2 Å². The Morgan fingerprint density at radius 3 is 2.55 bits per heavy atom. The Labute approximate surface area is 245 Å². The molecule has 1 aromatic heterocycles. The van der Waals surface area contributed by atoms with Crippen LogP contribution in [0.2, 0.25) is 10.0 Å². The van der Waals surface area contributed by atoms with Crippen LogP contribution in [0.15, 0.2) is 66.2 Å². The van der Waals surface area contributed by atoms with Gasteiger partial charge in [0.15, 0.2) is 5.13 Å². The second kappa shape index (κ2) is 11.9. The molecule has 1 unspecified atom stereocenters. The van der Waals surface area contributed by atoms with Crippen LogP contribution in [-0.4, -0.2) is 35.0 Å². The van der Waals surface area contributed by atoms with E-state index < -0.39 is 17.7 Å². The molecule has 3 aromatic carbocycles. The fourth-order valence-corrected chi connectivity index (χ4v) is 5.83. The highest BCUT2D eigenvalue weighted by Gasteiger charge is 2.48. The molecule has 40 heavy (non-hydrogen) atoms. The summed E-state index contributed by atoms with van der Waals surface area (Å²) in [5, 5.41) is 12.4. The summed E-state index contributed by atoms with van der Waals surface area (Å²) in [6.07, 6.45) is 1.86. The molecule has 1 N–H and O–H groups in total. The Kier molecular flexibility index (Phi) is 8.30. The minimum Gasteiger partial charge on any atom is -0.507 e. The molecule has 0 bridgehead atoms. The van der Waals surface area contributed by atoms with Gasteiger partial charge in [0.05, 0.1) is 45.1 Å². The van der Waals surface area contributed by atoms with Gasteiger partial charge in [0.2, 0.25) is 0 Å². The SMILES string of the molecule is CCCCOc1cccc(C(O)=C2C(=O)C(=O)N(c3nc4ccc(OCC)cc4s3)C2c2ccc(Cl)c(Cl)c2)c1. The van der Waals surface area contributed by atoms with Crippen LogP contribution < -0.4 is 14.4 Å². The number of halogens is 2. The van der Waals surface area contributed by atoms with Crippen molar-refractivity contribution < 1.29 is 24.2 Å². The first kappa shape index (κ1) is 28.0. The van der Waals surface area contributed by atoms with Crippen LogP contribution in [0, 0.1) is 0 Å². The number of Topliss-reactive ketones (excluding diaryl/α,β-unsaturated/α-hetero) is 1. The van der Waals surface area contributed by atoms with Crippen LogP contribution in [0.4, 0.5) is 5.13 Å². The van der Waals surface area contributed by atoms with Crippen molar-refractivity contribution in [1.29, 1.82) is 0 Å². The maximum Gasteiger partial charge on any atom is 0.301 e. The topological polar surface area (TPSA) is 89.0 Å². The number of amides is 1. The lowest BCUT2D eigenvalue weighted by atomic mass is 9.95. The Bertz CT molecular complexity index is 1630. The summed E-state index contributed by atoms with van der Waals surface area (Å²) in [6, 6.07) is 16.1. The number of carbonyl (C=O) groups excluding carboxylic acids is 2. The molecular weight excluding hydrogens is 571 g/mol. The van der Waals surface area contributed by atoms with Crippen molar-refractivity contribution in [2.24, 2.45) is 0 Å². The summed E-state index contributed by atoms with van der Waals surface area (Å²) in [6.45, 7) is 4.99. The zero-order valence-corrected chi connectivity index (χ0v) is 24.1. The van der Waals surface area contributed by atoms with Crippen molar-refractivity contribution in [3.63, 3.8) is 0 Å². The predicted molar refractivity (Wildman–Crippen MR) is 159 cm³/mol. The quantitative estimate of drug-likeness (QED) is 0.0917. The molecule has 206 valence electrons. The van der Waals surface area contributed by atoms with Gasteiger partial charge in [-0.25, -0.2) is 4.98 Å². The Hall–Kier alpha value is -3.59. The van der Waals surface area contributed by atoms with E-state index in [9.17, 15) is 14.7 Å². The number of hydrogen-bond donors (Lipinski definition) is 1. The molecule has 2 heterocycles. The van der Waals surface area contributed by atoms with E-state index in [4.69, 9.17) is 32.7 Å². The number of benzene rings is 3. The Morgan fingerprint density at radius 1 is 1.00 bits per heavy atom. The second-order valence-corrected chi connectivity index (χ2v) is 11.0. The van der Waals surface area contributed by atoms with E-state index in [0.29, 0.717) is 51.5 Å². The van der Waals surface area contributed by atoms with Crippen molar-refractivity contribution in [2.45, 2.75) is 32.7 Å². The van der Waals surface area contributed by atoms with Crippen LogP contribution in [0.3, 0.4) is 0 Å². The van der Waals surface area contributed by atoms with Gasteiger partial charge < -0.3 is 14.6 Å². The second-order valence-electron chi connectivity index (χ2n) is 9.13. The van der Waals surface area contributed by atoms with E-state index >= 15 is 0 Å². The summed E-state index contributed by atoms with van der Waals surface area (Å²) in [5.74, 6) is -0.738. The summed E-state index contributed by atoms with van der Waals surface area (Å²) < 4.78 is 12.2. The molecule has 7 nitrogen and oxygen atoms in total. The number of unbranched alkanes of at least 4 members (excludes halogenated alkanes) is 1. The normalized spacial score (nSPS) is 16.6. The van der Waals surface area contributed by atoms with Crippen molar-refractivity contribution in [1.82, 2.24) is 4.98 Å². The van der Waals surface area contributed by atoms with E-state index in [2.05, 4.69) is 11.9 Å². The average molecular weight is 598 g/mol. The molecule has 1 aliphatic heterocycles. The fourth-order valence-electron chi connectivity index (χ4n) is 4.50. The number of aromatic nitrogens is 1. The largest absolute Gasteiger partial charge is 0.507 e. The van der Waals surface area contributed by atoms with Gasteiger partial charge in [0.1, 0.15) is 17.3 Å². The molecule has 0 spiro atoms. The molecule has 1 saturated heterocycles. The number of ether oxygens (including phenoxy) is 2. The summed E-state index contributed by atoms with van der Waals surface area (Å²) in [7, 11) is 0. The third-order valence-corrected chi connectivity index (χ3v) is 8.20. The minimum absolute atomic E-state index is 0.0802.